The van der Waals surface area contributed by atoms with E-state index in [4.69, 9.17) is 0 Å². The number of rotatable bonds is 1. The summed E-state index contributed by atoms with van der Waals surface area (Å²) in [4.78, 5) is 12.6. The molecule has 6 unspecified atom stereocenters. The molecule has 3 fully saturated rings. The van der Waals surface area contributed by atoms with Crippen molar-refractivity contribution in [3.63, 3.8) is 0 Å². The van der Waals surface area contributed by atoms with Crippen LogP contribution in [0.5, 0.6) is 0 Å². The highest BCUT2D eigenvalue weighted by Crippen LogP contribution is 2.61. The largest absolute Gasteiger partial charge is 0.393 e. The number of ketones is 1. The summed E-state index contributed by atoms with van der Waals surface area (Å²) in [5.41, 5.74) is 1.16. The summed E-state index contributed by atoms with van der Waals surface area (Å²) in [6, 6.07) is 0. The minimum Gasteiger partial charge on any atom is -0.393 e. The number of Topliss-reactive ketones (excluding diaryl/α,β-unsaturated/α-hetero) is 1. The van der Waals surface area contributed by atoms with Gasteiger partial charge in [0.2, 0.25) is 0 Å². The minimum atomic E-state index is -0.341. The molecule has 4 aliphatic carbocycles. The molecule has 7 atom stereocenters. The topological polar surface area (TPSA) is 57.5 Å². The predicted octanol–water partition coefficient (Wildman–Crippen LogP) is 2.85. The zero-order valence-electron chi connectivity index (χ0n) is 13.5. The maximum Gasteiger partial charge on any atom is 0.139 e. The molecular weight excluding hydrogens is 276 g/mol. The van der Waals surface area contributed by atoms with Crippen molar-refractivity contribution in [2.45, 2.75) is 70.5 Å². The van der Waals surface area contributed by atoms with Crippen LogP contribution >= 0.6 is 0 Å². The molecule has 0 saturated heterocycles. The van der Waals surface area contributed by atoms with Crippen molar-refractivity contribution in [2.75, 3.05) is 0 Å². The first-order valence-corrected chi connectivity index (χ1v) is 9.17. The average molecular weight is 304 g/mol. The van der Waals surface area contributed by atoms with Crippen LogP contribution in [0.3, 0.4) is 0 Å². The molecule has 0 spiro atoms. The number of hydrogen-bond acceptors (Lipinski definition) is 3. The van der Waals surface area contributed by atoms with Crippen LogP contribution in [0.15, 0.2) is 11.6 Å². The Morgan fingerprint density at radius 2 is 2.00 bits per heavy atom. The highest BCUT2D eigenvalue weighted by Gasteiger charge is 2.60. The second-order valence-electron chi connectivity index (χ2n) is 8.12. The van der Waals surface area contributed by atoms with E-state index < -0.39 is 0 Å². The molecule has 2 N–H and O–H groups in total. The van der Waals surface area contributed by atoms with Crippen molar-refractivity contribution in [2.24, 2.45) is 29.1 Å². The zero-order chi connectivity index (χ0) is 15.5. The van der Waals surface area contributed by atoms with E-state index in [1.165, 1.54) is 5.57 Å². The van der Waals surface area contributed by atoms with E-state index in [1.54, 1.807) is 0 Å². The molecule has 4 aliphatic rings. The van der Waals surface area contributed by atoms with E-state index in [1.807, 2.05) is 0 Å². The Hall–Kier alpha value is -0.670. The van der Waals surface area contributed by atoms with Crippen molar-refractivity contribution in [1.29, 1.82) is 0 Å². The first-order chi connectivity index (χ1) is 10.6. The average Bonchev–Trinajstić information content (AvgIpc) is 2.84. The molecule has 122 valence electrons. The van der Waals surface area contributed by atoms with Crippen molar-refractivity contribution in [3.8, 4) is 0 Å². The highest BCUT2D eigenvalue weighted by molar-refractivity contribution is 5.87. The lowest BCUT2D eigenvalue weighted by Crippen LogP contribution is -2.54. The molecule has 22 heavy (non-hydrogen) atoms. The normalized spacial score (nSPS) is 50.9. The predicted molar refractivity (Wildman–Crippen MR) is 84.1 cm³/mol. The fourth-order valence-electron chi connectivity index (χ4n) is 6.57. The third-order valence-corrected chi connectivity index (χ3v) is 7.49. The number of aliphatic hydroxyl groups is 2. The second kappa shape index (κ2) is 5.17. The number of hydrogen-bond donors (Lipinski definition) is 2. The molecule has 0 aromatic heterocycles. The molecular formula is C19H28O3. The maximum atomic E-state index is 12.6. The second-order valence-corrected chi connectivity index (χ2v) is 8.12. The van der Waals surface area contributed by atoms with E-state index in [-0.39, 0.29) is 17.6 Å². The van der Waals surface area contributed by atoms with Crippen LogP contribution < -0.4 is 0 Å². The molecule has 3 saturated carbocycles. The quantitative estimate of drug-likeness (QED) is 0.732. The summed E-state index contributed by atoms with van der Waals surface area (Å²) in [5.74, 6) is 2.18. The van der Waals surface area contributed by atoms with Gasteiger partial charge in [-0.1, -0.05) is 18.6 Å². The monoisotopic (exact) mass is 304 g/mol. The molecule has 0 bridgehead atoms. The SMILES string of the molecule is CC[C@]12CC(O)C3C4CCC(O)C=C4CCC3C1CCC2=O. The van der Waals surface area contributed by atoms with Crippen molar-refractivity contribution < 1.29 is 15.0 Å². The molecule has 0 amide bonds. The molecule has 0 aromatic rings. The first kappa shape index (κ1) is 14.9. The van der Waals surface area contributed by atoms with Crippen LogP contribution in [0.4, 0.5) is 0 Å². The number of carbonyl (C=O) groups is 1. The first-order valence-electron chi connectivity index (χ1n) is 9.17. The lowest BCUT2D eigenvalue weighted by atomic mass is 9.50. The number of fused-ring (bicyclic) bond motifs is 5. The fourth-order valence-corrected chi connectivity index (χ4v) is 6.57. The maximum absolute atomic E-state index is 12.6. The lowest BCUT2D eigenvalue weighted by molar-refractivity contribution is -0.143. The molecule has 0 aromatic carbocycles. The Labute approximate surface area is 132 Å². The van der Waals surface area contributed by atoms with Gasteiger partial charge in [0.05, 0.1) is 12.2 Å². The molecule has 3 nitrogen and oxygen atoms in total. The van der Waals surface area contributed by atoms with E-state index in [0.29, 0.717) is 35.9 Å². The van der Waals surface area contributed by atoms with Crippen LogP contribution in [0, 0.1) is 29.1 Å². The van der Waals surface area contributed by atoms with Crippen molar-refractivity contribution in [3.05, 3.63) is 11.6 Å². The number of carbonyl (C=O) groups excluding carboxylic acids is 1. The number of aliphatic hydroxyl groups excluding tert-OH is 2. The van der Waals surface area contributed by atoms with E-state index in [0.717, 1.165) is 44.9 Å². The van der Waals surface area contributed by atoms with Gasteiger partial charge in [0.25, 0.3) is 0 Å². The van der Waals surface area contributed by atoms with Gasteiger partial charge in [-0.2, -0.15) is 0 Å². The Morgan fingerprint density at radius 3 is 2.77 bits per heavy atom. The van der Waals surface area contributed by atoms with E-state index >= 15 is 0 Å². The summed E-state index contributed by atoms with van der Waals surface area (Å²) in [7, 11) is 0. The van der Waals surface area contributed by atoms with Crippen molar-refractivity contribution in [1.82, 2.24) is 0 Å². The van der Waals surface area contributed by atoms with Gasteiger partial charge >= 0.3 is 0 Å². The Balaban J connectivity index is 1.69. The van der Waals surface area contributed by atoms with Gasteiger partial charge in [-0.15, -0.1) is 0 Å². The lowest BCUT2D eigenvalue weighted by Gasteiger charge is -2.55. The van der Waals surface area contributed by atoms with Crippen LogP contribution in [-0.4, -0.2) is 28.2 Å². The van der Waals surface area contributed by atoms with Crippen LogP contribution in [0.25, 0.3) is 0 Å². The summed E-state index contributed by atoms with van der Waals surface area (Å²) in [5, 5.41) is 20.8. The molecule has 0 radical (unpaired) electrons. The van der Waals surface area contributed by atoms with E-state index in [2.05, 4.69) is 13.0 Å². The smallest absolute Gasteiger partial charge is 0.139 e. The standard InChI is InChI=1S/C19H28O3/c1-2-19-10-16(21)18-13-6-4-12(20)9-11(13)3-5-14(18)15(19)7-8-17(19)22/h9,12-16,18,20-21H,2-8,10H2,1H3/t12?,13?,14?,15?,16?,18?,19-/m0/s1. The third-order valence-electron chi connectivity index (χ3n) is 7.49. The highest BCUT2D eigenvalue weighted by atomic mass is 16.3. The molecule has 3 heteroatoms. The van der Waals surface area contributed by atoms with Crippen LogP contribution in [0.1, 0.15) is 58.3 Å². The summed E-state index contributed by atoms with van der Waals surface area (Å²) in [6.45, 7) is 2.13. The summed E-state index contributed by atoms with van der Waals surface area (Å²) >= 11 is 0. The van der Waals surface area contributed by atoms with Gasteiger partial charge in [-0.3, -0.25) is 4.79 Å². The van der Waals surface area contributed by atoms with E-state index in [9.17, 15) is 15.0 Å². The molecule has 0 aliphatic heterocycles. The third kappa shape index (κ3) is 1.91. The minimum absolute atomic E-state index is 0.226. The van der Waals surface area contributed by atoms with Crippen LogP contribution in [-0.2, 0) is 4.79 Å². The number of allylic oxidation sites excluding steroid dienone is 1. The zero-order valence-corrected chi connectivity index (χ0v) is 13.5. The van der Waals surface area contributed by atoms with Gasteiger partial charge in [-0.25, -0.2) is 0 Å². The Morgan fingerprint density at radius 1 is 1.18 bits per heavy atom. The van der Waals surface area contributed by atoms with Gasteiger partial charge < -0.3 is 10.2 Å². The summed E-state index contributed by atoms with van der Waals surface area (Å²) < 4.78 is 0. The summed E-state index contributed by atoms with van der Waals surface area (Å²) in [6.07, 6.45) is 8.74. The van der Waals surface area contributed by atoms with Gasteiger partial charge in [0.15, 0.2) is 0 Å². The Kier molecular flexibility index (Phi) is 3.50. The molecule has 4 rings (SSSR count). The van der Waals surface area contributed by atoms with Crippen LogP contribution in [0.2, 0.25) is 0 Å². The van der Waals surface area contributed by atoms with Crippen molar-refractivity contribution >= 4 is 5.78 Å². The molecule has 0 heterocycles. The van der Waals surface area contributed by atoms with Gasteiger partial charge in [0.1, 0.15) is 5.78 Å². The van der Waals surface area contributed by atoms with Gasteiger partial charge in [-0.05, 0) is 68.6 Å². The fraction of sp³-hybridized carbons (Fsp3) is 0.842. The Bertz CT molecular complexity index is 511. The van der Waals surface area contributed by atoms with Gasteiger partial charge in [0, 0.05) is 11.8 Å².